The van der Waals surface area contributed by atoms with Crippen molar-refractivity contribution in [1.29, 1.82) is 0 Å². The number of benzene rings is 2. The second-order valence-electron chi connectivity index (χ2n) is 6.58. The predicted molar refractivity (Wildman–Crippen MR) is 96.7 cm³/mol. The maximum absolute atomic E-state index is 13.1. The lowest BCUT2D eigenvalue weighted by Crippen LogP contribution is -2.51. The summed E-state index contributed by atoms with van der Waals surface area (Å²) < 4.78 is 0. The first-order valence-corrected chi connectivity index (χ1v) is 8.89. The van der Waals surface area contributed by atoms with Crippen LogP contribution in [0.2, 0.25) is 10.0 Å². The van der Waals surface area contributed by atoms with E-state index in [-0.39, 0.29) is 18.5 Å². The minimum atomic E-state index is -0.843. The third kappa shape index (κ3) is 2.79. The molecule has 1 heterocycles. The average molecular weight is 375 g/mol. The van der Waals surface area contributed by atoms with Crippen LogP contribution in [0, 0.1) is 0 Å². The minimum Gasteiger partial charge on any atom is -0.323 e. The van der Waals surface area contributed by atoms with Crippen LogP contribution in [0.5, 0.6) is 0 Å². The van der Waals surface area contributed by atoms with E-state index in [2.05, 4.69) is 11.4 Å². The maximum atomic E-state index is 13.1. The van der Waals surface area contributed by atoms with Gasteiger partial charge in [0.15, 0.2) is 0 Å². The van der Waals surface area contributed by atoms with Gasteiger partial charge in [-0.25, -0.2) is 4.79 Å². The highest BCUT2D eigenvalue weighted by molar-refractivity contribution is 6.35. The van der Waals surface area contributed by atoms with Gasteiger partial charge in [-0.3, -0.25) is 9.69 Å². The average Bonchev–Trinajstić information content (AvgIpc) is 2.81. The SMILES string of the molecule is O=C1NC2(CCc3ccccc3C2)C(=O)N1Cc1ccc(Cl)cc1Cl. The number of nitrogens with zero attached hydrogens (tertiary/aromatic N) is 1. The first-order valence-electron chi connectivity index (χ1n) is 8.13. The molecule has 1 fully saturated rings. The lowest BCUT2D eigenvalue weighted by atomic mass is 9.78. The molecule has 3 amide bonds. The fourth-order valence-electron chi connectivity index (χ4n) is 3.66. The molecule has 2 aliphatic rings. The highest BCUT2D eigenvalue weighted by Crippen LogP contribution is 2.34. The number of carbonyl (C=O) groups excluding carboxylic acids is 2. The molecule has 0 saturated carbocycles. The summed E-state index contributed by atoms with van der Waals surface area (Å²) in [6, 6.07) is 12.8. The van der Waals surface area contributed by atoms with Crippen LogP contribution in [0.4, 0.5) is 4.79 Å². The van der Waals surface area contributed by atoms with Crippen LogP contribution in [0.1, 0.15) is 23.1 Å². The van der Waals surface area contributed by atoms with Crippen LogP contribution in [0.15, 0.2) is 42.5 Å². The summed E-state index contributed by atoms with van der Waals surface area (Å²) in [5.74, 6) is -0.182. The monoisotopic (exact) mass is 374 g/mol. The van der Waals surface area contributed by atoms with E-state index >= 15 is 0 Å². The highest BCUT2D eigenvalue weighted by Gasteiger charge is 2.52. The molecule has 1 aliphatic heterocycles. The van der Waals surface area contributed by atoms with Gasteiger partial charge in [-0.15, -0.1) is 0 Å². The Bertz CT molecular complexity index is 883. The van der Waals surface area contributed by atoms with Crippen molar-refractivity contribution < 1.29 is 9.59 Å². The predicted octanol–water partition coefficient (Wildman–Crippen LogP) is 3.97. The molecule has 1 aliphatic carbocycles. The first-order chi connectivity index (χ1) is 12.0. The van der Waals surface area contributed by atoms with E-state index in [0.29, 0.717) is 28.5 Å². The molecular formula is C19H16Cl2N2O2. The molecule has 2 aromatic rings. The largest absolute Gasteiger partial charge is 0.325 e. The first kappa shape index (κ1) is 16.4. The molecule has 1 unspecified atom stereocenters. The third-order valence-electron chi connectivity index (χ3n) is 5.02. The Hall–Kier alpha value is -2.04. The van der Waals surface area contributed by atoms with E-state index < -0.39 is 5.54 Å². The van der Waals surface area contributed by atoms with Crippen LogP contribution in [-0.2, 0) is 24.2 Å². The quantitative estimate of drug-likeness (QED) is 0.808. The van der Waals surface area contributed by atoms with Crippen LogP contribution in [-0.4, -0.2) is 22.4 Å². The van der Waals surface area contributed by atoms with Crippen molar-refractivity contribution in [2.75, 3.05) is 0 Å². The maximum Gasteiger partial charge on any atom is 0.325 e. The number of amides is 3. The molecule has 0 bridgehead atoms. The molecule has 4 rings (SSSR count). The molecule has 4 nitrogen and oxygen atoms in total. The van der Waals surface area contributed by atoms with Crippen LogP contribution < -0.4 is 5.32 Å². The Labute approximate surface area is 155 Å². The van der Waals surface area contributed by atoms with Crippen LogP contribution in [0.3, 0.4) is 0 Å². The summed E-state index contributed by atoms with van der Waals surface area (Å²) in [4.78, 5) is 26.8. The number of hydrogen-bond acceptors (Lipinski definition) is 2. The summed E-state index contributed by atoms with van der Waals surface area (Å²) >= 11 is 12.1. The molecule has 1 saturated heterocycles. The third-order valence-corrected chi connectivity index (χ3v) is 5.61. The number of hydrogen-bond donors (Lipinski definition) is 1. The summed E-state index contributed by atoms with van der Waals surface area (Å²) in [7, 11) is 0. The van der Waals surface area contributed by atoms with Crippen molar-refractivity contribution in [2.24, 2.45) is 0 Å². The van der Waals surface area contributed by atoms with Crippen molar-refractivity contribution >= 4 is 35.1 Å². The van der Waals surface area contributed by atoms with Gasteiger partial charge in [0.25, 0.3) is 5.91 Å². The van der Waals surface area contributed by atoms with Gasteiger partial charge in [0, 0.05) is 16.5 Å². The number of carbonyl (C=O) groups is 2. The Morgan fingerprint density at radius 3 is 2.60 bits per heavy atom. The van der Waals surface area contributed by atoms with Crippen LogP contribution >= 0.6 is 23.2 Å². The van der Waals surface area contributed by atoms with Crippen LogP contribution in [0.25, 0.3) is 0 Å². The number of aryl methyl sites for hydroxylation is 1. The molecule has 1 spiro atoms. The molecule has 1 N–H and O–H groups in total. The van der Waals surface area contributed by atoms with Gasteiger partial charge >= 0.3 is 6.03 Å². The zero-order valence-corrected chi connectivity index (χ0v) is 14.9. The van der Waals surface area contributed by atoms with E-state index in [0.717, 1.165) is 12.0 Å². The lowest BCUT2D eigenvalue weighted by molar-refractivity contribution is -0.132. The number of imide groups is 1. The van der Waals surface area contributed by atoms with Gasteiger partial charge < -0.3 is 5.32 Å². The van der Waals surface area contributed by atoms with Gasteiger partial charge in [-0.2, -0.15) is 0 Å². The van der Waals surface area contributed by atoms with Crippen molar-refractivity contribution in [2.45, 2.75) is 31.3 Å². The highest BCUT2D eigenvalue weighted by atomic mass is 35.5. The van der Waals surface area contributed by atoms with Gasteiger partial charge in [0.05, 0.1) is 6.54 Å². The number of rotatable bonds is 2. The molecule has 25 heavy (non-hydrogen) atoms. The number of nitrogens with one attached hydrogen (secondary N) is 1. The fraction of sp³-hybridized carbons (Fsp3) is 0.263. The van der Waals surface area contributed by atoms with Gasteiger partial charge in [0.1, 0.15) is 5.54 Å². The Morgan fingerprint density at radius 2 is 1.84 bits per heavy atom. The smallest absolute Gasteiger partial charge is 0.323 e. The van der Waals surface area contributed by atoms with Crippen molar-refractivity contribution in [3.05, 3.63) is 69.2 Å². The van der Waals surface area contributed by atoms with Gasteiger partial charge in [-0.1, -0.05) is 53.5 Å². The van der Waals surface area contributed by atoms with Gasteiger partial charge in [0.2, 0.25) is 0 Å². The molecule has 0 aromatic heterocycles. The Morgan fingerprint density at radius 1 is 1.08 bits per heavy atom. The van der Waals surface area contributed by atoms with E-state index in [4.69, 9.17) is 23.2 Å². The molecule has 6 heteroatoms. The Kier molecular flexibility index (Phi) is 3.97. The van der Waals surface area contributed by atoms with Gasteiger partial charge in [-0.05, 0) is 41.7 Å². The lowest BCUT2D eigenvalue weighted by Gasteiger charge is -2.32. The molecule has 1 atom stereocenters. The van der Waals surface area contributed by atoms with E-state index in [9.17, 15) is 9.59 Å². The summed E-state index contributed by atoms with van der Waals surface area (Å²) in [5.41, 5.74) is 2.22. The molecule has 2 aromatic carbocycles. The second-order valence-corrected chi connectivity index (χ2v) is 7.43. The molecule has 128 valence electrons. The topological polar surface area (TPSA) is 49.4 Å². The number of fused-ring (bicyclic) bond motifs is 1. The van der Waals surface area contributed by atoms with Crippen molar-refractivity contribution in [3.63, 3.8) is 0 Å². The summed E-state index contributed by atoms with van der Waals surface area (Å²) in [6.07, 6.45) is 1.91. The normalized spacial score (nSPS) is 22.2. The fourth-order valence-corrected chi connectivity index (χ4v) is 4.13. The summed E-state index contributed by atoms with van der Waals surface area (Å²) in [6.45, 7) is 0.143. The Balaban J connectivity index is 1.61. The summed E-state index contributed by atoms with van der Waals surface area (Å²) in [5, 5.41) is 3.90. The van der Waals surface area contributed by atoms with Crippen molar-refractivity contribution in [3.8, 4) is 0 Å². The van der Waals surface area contributed by atoms with E-state index in [1.165, 1.54) is 10.5 Å². The van der Waals surface area contributed by atoms with E-state index in [1.54, 1.807) is 18.2 Å². The number of halogens is 2. The minimum absolute atomic E-state index is 0.143. The van der Waals surface area contributed by atoms with Crippen molar-refractivity contribution in [1.82, 2.24) is 10.2 Å². The second kappa shape index (κ2) is 6.04. The molecule has 0 radical (unpaired) electrons. The zero-order valence-electron chi connectivity index (χ0n) is 13.4. The molecular weight excluding hydrogens is 359 g/mol. The standard InChI is InChI=1S/C19H16Cl2N2O2/c20-15-6-5-14(16(21)9-15)11-23-17(24)19(22-18(23)25)8-7-12-3-1-2-4-13(12)10-19/h1-6,9H,7-8,10-11H2,(H,22,25). The van der Waals surface area contributed by atoms with E-state index in [1.807, 2.05) is 18.2 Å². The number of urea groups is 1. The zero-order chi connectivity index (χ0) is 17.6.